The average molecular weight is 433 g/mol. The number of hydrogen-bond acceptors (Lipinski definition) is 7. The van der Waals surface area contributed by atoms with E-state index in [4.69, 9.17) is 4.42 Å². The van der Waals surface area contributed by atoms with Gasteiger partial charge in [-0.3, -0.25) is 9.48 Å². The number of fused-ring (bicyclic) bond motifs is 1. The van der Waals surface area contributed by atoms with Crippen molar-refractivity contribution in [2.24, 2.45) is 12.1 Å². The maximum absolute atomic E-state index is 13.2. The lowest BCUT2D eigenvalue weighted by atomic mass is 10.0. The molecule has 4 heterocycles. The molecule has 1 amide bonds. The van der Waals surface area contributed by atoms with E-state index in [0.717, 1.165) is 33.1 Å². The predicted octanol–water partition coefficient (Wildman–Crippen LogP) is 3.73. The van der Waals surface area contributed by atoms with Crippen molar-refractivity contribution in [2.45, 2.75) is 24.4 Å². The highest BCUT2D eigenvalue weighted by Crippen LogP contribution is 2.34. The molecule has 0 spiro atoms. The van der Waals surface area contributed by atoms with Crippen LogP contribution in [-0.4, -0.2) is 42.1 Å². The van der Waals surface area contributed by atoms with Crippen molar-refractivity contribution in [3.8, 4) is 0 Å². The summed E-state index contributed by atoms with van der Waals surface area (Å²) in [4.78, 5) is 21.8. The van der Waals surface area contributed by atoms with Crippen molar-refractivity contribution >= 4 is 34.4 Å². The van der Waals surface area contributed by atoms with E-state index in [1.807, 2.05) is 50.4 Å². The molecule has 1 atom stereocenters. The van der Waals surface area contributed by atoms with Crippen molar-refractivity contribution in [2.75, 3.05) is 5.75 Å². The lowest BCUT2D eigenvalue weighted by Crippen LogP contribution is -2.28. The molecule has 1 aromatic carbocycles. The summed E-state index contributed by atoms with van der Waals surface area (Å²) in [5.41, 5.74) is 3.80. The lowest BCUT2D eigenvalue weighted by Gasteiger charge is -2.19. The number of carbonyl (C=O) groups excluding carboxylic acids is 1. The zero-order valence-corrected chi connectivity index (χ0v) is 17.9. The number of nitrogens with zero attached hydrogens (tertiary/aromatic N) is 6. The summed E-state index contributed by atoms with van der Waals surface area (Å²) in [5.74, 6) is 0.813. The zero-order chi connectivity index (χ0) is 21.4. The molecular weight excluding hydrogens is 412 g/mol. The number of hydrogen-bond donors (Lipinski definition) is 0. The van der Waals surface area contributed by atoms with Gasteiger partial charge in [0.2, 0.25) is 0 Å². The average Bonchev–Trinajstić information content (AvgIpc) is 3.53. The molecule has 0 aliphatic carbocycles. The minimum absolute atomic E-state index is 0.107. The van der Waals surface area contributed by atoms with E-state index in [9.17, 15) is 4.79 Å². The van der Waals surface area contributed by atoms with Crippen LogP contribution in [0.25, 0.3) is 11.0 Å². The molecule has 3 aromatic heterocycles. The Balaban J connectivity index is 1.39. The van der Waals surface area contributed by atoms with Gasteiger partial charge in [0.15, 0.2) is 5.65 Å². The fraction of sp³-hybridized carbons (Fsp3) is 0.227. The van der Waals surface area contributed by atoms with E-state index in [1.54, 1.807) is 22.2 Å². The number of aromatic nitrogens is 4. The SMILES string of the molecule is Cc1ccc(C2=NN(C(=O)CSc3ncnc4c3cnn4C)[C@@H](c3ccco3)C2)cc1. The number of carbonyl (C=O) groups is 1. The number of thioether (sulfide) groups is 1. The maximum atomic E-state index is 13.2. The van der Waals surface area contributed by atoms with Gasteiger partial charge in [-0.25, -0.2) is 15.0 Å². The molecule has 0 saturated heterocycles. The van der Waals surface area contributed by atoms with Crippen LogP contribution in [0, 0.1) is 6.92 Å². The molecule has 31 heavy (non-hydrogen) atoms. The number of benzene rings is 1. The van der Waals surface area contributed by atoms with Crippen LogP contribution in [0.1, 0.15) is 29.3 Å². The number of amides is 1. The predicted molar refractivity (Wildman–Crippen MR) is 118 cm³/mol. The number of rotatable bonds is 5. The Kier molecular flexibility index (Phi) is 5.03. The van der Waals surface area contributed by atoms with E-state index in [1.165, 1.54) is 23.7 Å². The normalized spacial score (nSPS) is 16.1. The van der Waals surface area contributed by atoms with Crippen LogP contribution in [0.2, 0.25) is 0 Å². The quantitative estimate of drug-likeness (QED) is 0.353. The van der Waals surface area contributed by atoms with E-state index in [-0.39, 0.29) is 17.7 Å². The highest BCUT2D eigenvalue weighted by atomic mass is 32.2. The van der Waals surface area contributed by atoms with Crippen LogP contribution in [0.5, 0.6) is 0 Å². The smallest absolute Gasteiger partial charge is 0.253 e. The van der Waals surface area contributed by atoms with Crippen LogP contribution >= 0.6 is 11.8 Å². The Bertz CT molecular complexity index is 1260. The van der Waals surface area contributed by atoms with Gasteiger partial charge in [-0.15, -0.1) is 0 Å². The third-order valence-electron chi connectivity index (χ3n) is 5.25. The molecule has 1 aliphatic rings. The molecule has 8 nitrogen and oxygen atoms in total. The molecule has 4 aromatic rings. The van der Waals surface area contributed by atoms with Gasteiger partial charge in [-0.1, -0.05) is 41.6 Å². The fourth-order valence-corrected chi connectivity index (χ4v) is 4.43. The second kappa shape index (κ2) is 7.99. The Morgan fingerprint density at radius 3 is 2.84 bits per heavy atom. The lowest BCUT2D eigenvalue weighted by molar-refractivity contribution is -0.130. The molecule has 9 heteroatoms. The molecule has 156 valence electrons. The van der Waals surface area contributed by atoms with Crippen molar-refractivity contribution < 1.29 is 9.21 Å². The first kappa shape index (κ1) is 19.5. The summed E-state index contributed by atoms with van der Waals surface area (Å²) in [5, 5.41) is 12.0. The van der Waals surface area contributed by atoms with Gasteiger partial charge in [-0.2, -0.15) is 10.2 Å². The Hall–Kier alpha value is -3.46. The largest absolute Gasteiger partial charge is 0.467 e. The molecule has 0 N–H and O–H groups in total. The number of furan rings is 1. The van der Waals surface area contributed by atoms with Crippen molar-refractivity contribution in [3.63, 3.8) is 0 Å². The summed E-state index contributed by atoms with van der Waals surface area (Å²) >= 11 is 1.36. The van der Waals surface area contributed by atoms with Crippen LogP contribution in [0.3, 0.4) is 0 Å². The number of aryl methyl sites for hydroxylation is 2. The van der Waals surface area contributed by atoms with Crippen molar-refractivity contribution in [1.82, 2.24) is 24.8 Å². The van der Waals surface area contributed by atoms with Crippen LogP contribution in [0.15, 0.2) is 69.7 Å². The first-order valence-corrected chi connectivity index (χ1v) is 10.8. The van der Waals surface area contributed by atoms with Crippen molar-refractivity contribution in [1.29, 1.82) is 0 Å². The summed E-state index contributed by atoms with van der Waals surface area (Å²) in [6.45, 7) is 2.05. The second-order valence-electron chi connectivity index (χ2n) is 7.36. The first-order valence-electron chi connectivity index (χ1n) is 9.85. The molecule has 0 bridgehead atoms. The van der Waals surface area contributed by atoms with Gasteiger partial charge in [0.25, 0.3) is 5.91 Å². The highest BCUT2D eigenvalue weighted by Gasteiger charge is 2.34. The Morgan fingerprint density at radius 1 is 1.23 bits per heavy atom. The third-order valence-corrected chi connectivity index (χ3v) is 6.24. The topological polar surface area (TPSA) is 89.4 Å². The summed E-state index contributed by atoms with van der Waals surface area (Å²) < 4.78 is 7.31. The standard InChI is InChI=1S/C22H20N6O2S/c1-14-5-7-15(8-6-14)17-10-18(19-4-3-9-30-19)28(26-17)20(29)12-31-22-16-11-25-27(2)21(16)23-13-24-22/h3-9,11,13,18H,10,12H2,1-2H3/t18-/m1/s1. The molecule has 0 saturated carbocycles. The Morgan fingerprint density at radius 2 is 2.06 bits per heavy atom. The highest BCUT2D eigenvalue weighted by molar-refractivity contribution is 8.00. The van der Waals surface area contributed by atoms with E-state index < -0.39 is 0 Å². The minimum atomic E-state index is -0.261. The third kappa shape index (κ3) is 3.72. The first-order chi connectivity index (χ1) is 15.1. The zero-order valence-electron chi connectivity index (χ0n) is 17.1. The summed E-state index contributed by atoms with van der Waals surface area (Å²) in [6, 6.07) is 11.6. The molecule has 5 rings (SSSR count). The monoisotopic (exact) mass is 432 g/mol. The molecule has 0 unspecified atom stereocenters. The maximum Gasteiger partial charge on any atom is 0.253 e. The minimum Gasteiger partial charge on any atom is -0.467 e. The van der Waals surface area contributed by atoms with Crippen LogP contribution in [-0.2, 0) is 11.8 Å². The van der Waals surface area contributed by atoms with E-state index >= 15 is 0 Å². The van der Waals surface area contributed by atoms with Crippen molar-refractivity contribution in [3.05, 3.63) is 72.1 Å². The van der Waals surface area contributed by atoms with Gasteiger partial charge in [0.05, 0.1) is 29.3 Å². The van der Waals surface area contributed by atoms with E-state index in [0.29, 0.717) is 6.42 Å². The van der Waals surface area contributed by atoms with Gasteiger partial charge >= 0.3 is 0 Å². The van der Waals surface area contributed by atoms with Gasteiger partial charge in [0, 0.05) is 13.5 Å². The summed E-state index contributed by atoms with van der Waals surface area (Å²) in [6.07, 6.45) is 5.44. The Labute approximate surface area is 183 Å². The molecular formula is C22H20N6O2S. The van der Waals surface area contributed by atoms with E-state index in [2.05, 4.69) is 20.2 Å². The molecule has 0 fully saturated rings. The second-order valence-corrected chi connectivity index (χ2v) is 8.32. The fourth-order valence-electron chi connectivity index (χ4n) is 3.62. The van der Waals surface area contributed by atoms with Crippen LogP contribution in [0.4, 0.5) is 0 Å². The molecule has 1 aliphatic heterocycles. The van der Waals surface area contributed by atoms with Gasteiger partial charge < -0.3 is 4.42 Å². The summed E-state index contributed by atoms with van der Waals surface area (Å²) in [7, 11) is 1.83. The number of hydrazone groups is 1. The van der Waals surface area contributed by atoms with Crippen LogP contribution < -0.4 is 0 Å². The van der Waals surface area contributed by atoms with Gasteiger partial charge in [0.1, 0.15) is 23.2 Å². The van der Waals surface area contributed by atoms with Gasteiger partial charge in [-0.05, 0) is 24.6 Å². The molecule has 0 radical (unpaired) electrons.